The first kappa shape index (κ1) is 32.7. The molecule has 11 heteroatoms. The Morgan fingerprint density at radius 3 is 2.62 bits per heavy atom. The summed E-state index contributed by atoms with van der Waals surface area (Å²) in [6.45, 7) is 11.2. The highest BCUT2D eigenvalue weighted by molar-refractivity contribution is 6.01. The summed E-state index contributed by atoms with van der Waals surface area (Å²) in [7, 11) is 0. The Hall–Kier alpha value is -4.51. The highest BCUT2D eigenvalue weighted by atomic mass is 16.2. The molecule has 8 rings (SSSR count). The van der Waals surface area contributed by atoms with Gasteiger partial charge in [0.25, 0.3) is 5.91 Å². The van der Waals surface area contributed by atoms with Gasteiger partial charge in [-0.25, -0.2) is 4.98 Å². The first-order valence-corrected chi connectivity index (χ1v) is 18.4. The monoisotopic (exact) mass is 676 g/mol. The molecule has 0 saturated carbocycles. The Kier molecular flexibility index (Phi) is 8.70. The number of amides is 3. The van der Waals surface area contributed by atoms with Crippen LogP contribution in [0.5, 0.6) is 0 Å². The van der Waals surface area contributed by atoms with E-state index in [1.54, 1.807) is 6.20 Å². The first-order chi connectivity index (χ1) is 24.2. The van der Waals surface area contributed by atoms with Gasteiger partial charge in [-0.1, -0.05) is 26.0 Å². The molecule has 3 fully saturated rings. The van der Waals surface area contributed by atoms with Crippen LogP contribution in [0.3, 0.4) is 0 Å². The molecular weight excluding hydrogens is 628 g/mol. The number of aromatic nitrogens is 4. The molecule has 1 unspecified atom stereocenters. The fourth-order valence-electron chi connectivity index (χ4n) is 8.51. The molecule has 1 atom stereocenters. The van der Waals surface area contributed by atoms with Crippen molar-refractivity contribution in [2.75, 3.05) is 50.7 Å². The van der Waals surface area contributed by atoms with E-state index in [4.69, 9.17) is 10.1 Å². The van der Waals surface area contributed by atoms with Crippen molar-refractivity contribution in [3.05, 3.63) is 65.0 Å². The quantitative estimate of drug-likeness (QED) is 0.244. The molecule has 3 amide bonds. The third-order valence-corrected chi connectivity index (χ3v) is 11.5. The van der Waals surface area contributed by atoms with Gasteiger partial charge in [-0.15, -0.1) is 0 Å². The fraction of sp³-hybridized carbons (Fsp3) is 0.513. The molecular formula is C39H48N8O3. The lowest BCUT2D eigenvalue weighted by Crippen LogP contribution is -2.42. The average Bonchev–Trinajstić information content (AvgIpc) is 3.64. The number of H-pyrrole nitrogens is 2. The summed E-state index contributed by atoms with van der Waals surface area (Å²) in [5, 5.41) is 11.5. The molecule has 6 heterocycles. The van der Waals surface area contributed by atoms with Gasteiger partial charge >= 0.3 is 0 Å². The van der Waals surface area contributed by atoms with E-state index in [2.05, 4.69) is 51.2 Å². The van der Waals surface area contributed by atoms with Crippen LogP contribution < -0.4 is 10.2 Å². The lowest BCUT2D eigenvalue weighted by Gasteiger charge is -2.34. The lowest BCUT2D eigenvalue weighted by atomic mass is 9.76. The standard InChI is InChI=1S/C39H48N8O3/c1-39(2)13-10-30-33(22-39)43-44-36(30)32-20-26-4-5-27(21-31(26)41-32)38(50)47-16-11-25(12-17-47)24-45-14-3-15-46(19-18-45)34-8-6-28(23-40-34)29-7-9-35(48)42-37(29)49/h4-6,8,20-21,23,25,29,41H,3,7,9-19,22,24H2,1-2H3,(H,43,44)(H,42,48,49). The van der Waals surface area contributed by atoms with Crippen molar-refractivity contribution >= 4 is 34.4 Å². The summed E-state index contributed by atoms with van der Waals surface area (Å²) < 4.78 is 0. The highest BCUT2D eigenvalue weighted by Gasteiger charge is 2.31. The van der Waals surface area contributed by atoms with Crippen molar-refractivity contribution in [1.29, 1.82) is 0 Å². The van der Waals surface area contributed by atoms with E-state index in [1.165, 1.54) is 11.3 Å². The maximum absolute atomic E-state index is 13.6. The highest BCUT2D eigenvalue weighted by Crippen LogP contribution is 2.38. The van der Waals surface area contributed by atoms with E-state index in [0.717, 1.165) is 124 Å². The number of hydrogen-bond donors (Lipinski definition) is 3. The molecule has 3 aliphatic heterocycles. The van der Waals surface area contributed by atoms with Gasteiger partial charge in [0.05, 0.1) is 11.6 Å². The minimum Gasteiger partial charge on any atom is -0.355 e. The van der Waals surface area contributed by atoms with Gasteiger partial charge in [-0.3, -0.25) is 24.8 Å². The van der Waals surface area contributed by atoms with Gasteiger partial charge in [0.1, 0.15) is 11.5 Å². The van der Waals surface area contributed by atoms with Crippen LogP contribution in [0, 0.1) is 11.3 Å². The molecule has 50 heavy (non-hydrogen) atoms. The molecule has 4 aromatic rings. The molecule has 0 spiro atoms. The van der Waals surface area contributed by atoms with Crippen LogP contribution in [0.25, 0.3) is 22.3 Å². The fourth-order valence-corrected chi connectivity index (χ4v) is 8.51. The van der Waals surface area contributed by atoms with Crippen LogP contribution in [0.1, 0.15) is 85.5 Å². The minimum absolute atomic E-state index is 0.113. The van der Waals surface area contributed by atoms with Gasteiger partial charge in [0.2, 0.25) is 11.8 Å². The summed E-state index contributed by atoms with van der Waals surface area (Å²) >= 11 is 0. The number of benzene rings is 1. The number of nitrogens with one attached hydrogen (secondary N) is 3. The number of pyridine rings is 1. The number of imide groups is 1. The Labute approximate surface area is 293 Å². The molecule has 0 bridgehead atoms. The largest absolute Gasteiger partial charge is 0.355 e. The van der Waals surface area contributed by atoms with Crippen LogP contribution in [0.15, 0.2) is 42.6 Å². The number of anilines is 1. The smallest absolute Gasteiger partial charge is 0.253 e. The summed E-state index contributed by atoms with van der Waals surface area (Å²) in [5.41, 5.74) is 7.47. The molecule has 11 nitrogen and oxygen atoms in total. The van der Waals surface area contributed by atoms with E-state index < -0.39 is 0 Å². The molecule has 262 valence electrons. The Balaban J connectivity index is 0.831. The second-order valence-electron chi connectivity index (χ2n) is 15.7. The summed E-state index contributed by atoms with van der Waals surface area (Å²) in [6.07, 6.45) is 9.01. The third-order valence-electron chi connectivity index (χ3n) is 11.5. The normalized spacial score (nSPS) is 22.0. The first-order valence-electron chi connectivity index (χ1n) is 18.4. The molecule has 3 N–H and O–H groups in total. The van der Waals surface area contributed by atoms with Gasteiger partial charge in [0.15, 0.2) is 0 Å². The lowest BCUT2D eigenvalue weighted by molar-refractivity contribution is -0.134. The zero-order valence-electron chi connectivity index (χ0n) is 29.3. The predicted molar refractivity (Wildman–Crippen MR) is 193 cm³/mol. The number of piperidine rings is 2. The number of rotatable bonds is 6. The molecule has 4 aliphatic rings. The van der Waals surface area contributed by atoms with Crippen LogP contribution in [0.4, 0.5) is 5.82 Å². The van der Waals surface area contributed by atoms with E-state index in [1.807, 2.05) is 29.2 Å². The second kappa shape index (κ2) is 13.3. The molecule has 1 aromatic carbocycles. The van der Waals surface area contributed by atoms with Crippen LogP contribution in [0.2, 0.25) is 0 Å². The van der Waals surface area contributed by atoms with Crippen molar-refractivity contribution in [3.8, 4) is 11.4 Å². The van der Waals surface area contributed by atoms with E-state index in [9.17, 15) is 14.4 Å². The van der Waals surface area contributed by atoms with Crippen molar-refractivity contribution in [2.24, 2.45) is 11.3 Å². The van der Waals surface area contributed by atoms with Gasteiger partial charge in [-0.2, -0.15) is 5.10 Å². The van der Waals surface area contributed by atoms with Gasteiger partial charge < -0.3 is 19.7 Å². The average molecular weight is 677 g/mol. The Morgan fingerprint density at radius 2 is 1.82 bits per heavy atom. The topological polar surface area (TPSA) is 130 Å². The Morgan fingerprint density at radius 1 is 0.960 bits per heavy atom. The second-order valence-corrected chi connectivity index (χ2v) is 15.7. The zero-order chi connectivity index (χ0) is 34.4. The van der Waals surface area contributed by atoms with Crippen LogP contribution >= 0.6 is 0 Å². The summed E-state index contributed by atoms with van der Waals surface area (Å²) in [6, 6.07) is 12.2. The molecule has 1 aliphatic carbocycles. The van der Waals surface area contributed by atoms with Crippen molar-refractivity contribution in [1.82, 2.24) is 35.3 Å². The molecule has 0 radical (unpaired) electrons. The number of hydrogen-bond acceptors (Lipinski definition) is 7. The van der Waals surface area contributed by atoms with Gasteiger partial charge in [0, 0.05) is 79.6 Å². The number of carbonyl (C=O) groups is 3. The number of likely N-dealkylation sites (tertiary alicyclic amines) is 1. The van der Waals surface area contributed by atoms with E-state index in [-0.39, 0.29) is 23.6 Å². The SMILES string of the molecule is CC1(C)CCc2c(-c3cc4ccc(C(=O)N5CCC(CN6CCCN(c7ccc(C8CCC(=O)NC8=O)cn7)CC6)CC5)cc4[nH]3)n[nH]c2C1. The van der Waals surface area contributed by atoms with Crippen molar-refractivity contribution < 1.29 is 14.4 Å². The van der Waals surface area contributed by atoms with Crippen molar-refractivity contribution in [2.45, 2.75) is 71.1 Å². The van der Waals surface area contributed by atoms with E-state index in [0.29, 0.717) is 24.2 Å². The van der Waals surface area contributed by atoms with Crippen molar-refractivity contribution in [3.63, 3.8) is 0 Å². The minimum atomic E-state index is -0.307. The van der Waals surface area contributed by atoms with Crippen LogP contribution in [-0.2, 0) is 22.4 Å². The summed E-state index contributed by atoms with van der Waals surface area (Å²) in [4.78, 5) is 52.6. The maximum atomic E-state index is 13.6. The maximum Gasteiger partial charge on any atom is 0.253 e. The van der Waals surface area contributed by atoms with Crippen LogP contribution in [-0.4, -0.2) is 93.5 Å². The Bertz CT molecular complexity index is 1900. The third kappa shape index (κ3) is 6.67. The number of carbonyl (C=O) groups excluding carboxylic acids is 3. The zero-order valence-corrected chi connectivity index (χ0v) is 29.3. The molecule has 3 aromatic heterocycles. The predicted octanol–water partition coefficient (Wildman–Crippen LogP) is 5.05. The molecule has 3 saturated heterocycles. The number of fused-ring (bicyclic) bond motifs is 2. The van der Waals surface area contributed by atoms with E-state index >= 15 is 0 Å². The number of nitrogens with zero attached hydrogens (tertiary/aromatic N) is 5. The number of aromatic amines is 2. The van der Waals surface area contributed by atoms with Gasteiger partial charge in [-0.05, 0) is 92.7 Å². The summed E-state index contributed by atoms with van der Waals surface area (Å²) in [5.74, 6) is 0.900.